The zero-order valence-electron chi connectivity index (χ0n) is 10.3. The molecule has 17 heavy (non-hydrogen) atoms. The van der Waals surface area contributed by atoms with Crippen LogP contribution >= 0.6 is 0 Å². The number of carbonyl (C=O) groups excluding carboxylic acids is 2. The fraction of sp³-hybridized carbons (Fsp3) is 0.769. The quantitative estimate of drug-likeness (QED) is 0.524. The second kappa shape index (κ2) is 7.05. The van der Waals surface area contributed by atoms with Gasteiger partial charge in [-0.3, -0.25) is 9.59 Å². The summed E-state index contributed by atoms with van der Waals surface area (Å²) in [4.78, 5) is 22.0. The Morgan fingerprint density at radius 2 is 2.24 bits per heavy atom. The molecule has 0 aromatic heterocycles. The molecule has 0 saturated heterocycles. The van der Waals surface area contributed by atoms with E-state index in [0.717, 1.165) is 32.1 Å². The number of hydrogen-bond donors (Lipinski definition) is 0. The predicted octanol–water partition coefficient (Wildman–Crippen LogP) is 2.23. The Balaban J connectivity index is 2.12. The van der Waals surface area contributed by atoms with Crippen LogP contribution in [0.5, 0.6) is 0 Å². The summed E-state index contributed by atoms with van der Waals surface area (Å²) in [6.07, 6.45) is 4.80. The zero-order valence-corrected chi connectivity index (χ0v) is 10.3. The van der Waals surface area contributed by atoms with E-state index in [9.17, 15) is 9.59 Å². The molecule has 4 heteroatoms. The number of Topliss-reactive ketones (excluding diaryl/α,β-unsaturated/α-hetero) is 1. The van der Waals surface area contributed by atoms with Crippen molar-refractivity contribution in [1.29, 1.82) is 5.26 Å². The van der Waals surface area contributed by atoms with E-state index in [2.05, 4.69) is 6.07 Å². The molecular weight excluding hydrogens is 218 g/mol. The second-order valence-corrected chi connectivity index (χ2v) is 4.54. The van der Waals surface area contributed by atoms with Gasteiger partial charge in [0.1, 0.15) is 5.78 Å². The van der Waals surface area contributed by atoms with Crippen LogP contribution in [0, 0.1) is 23.2 Å². The molecule has 0 heterocycles. The molecular formula is C13H19NO3. The van der Waals surface area contributed by atoms with Gasteiger partial charge in [-0.05, 0) is 19.3 Å². The lowest BCUT2D eigenvalue weighted by Gasteiger charge is -2.11. The molecule has 1 fully saturated rings. The first-order valence-electron chi connectivity index (χ1n) is 6.21. The molecule has 0 amide bonds. The first-order valence-corrected chi connectivity index (χ1v) is 6.21. The summed E-state index contributed by atoms with van der Waals surface area (Å²) < 4.78 is 4.82. The molecule has 0 N–H and O–H groups in total. The molecule has 0 bridgehead atoms. The minimum absolute atomic E-state index is 0.0475. The summed E-state index contributed by atoms with van der Waals surface area (Å²) >= 11 is 0. The third kappa shape index (κ3) is 4.56. The molecule has 0 spiro atoms. The maximum absolute atomic E-state index is 11.5. The Morgan fingerprint density at radius 1 is 1.47 bits per heavy atom. The topological polar surface area (TPSA) is 67.2 Å². The van der Waals surface area contributed by atoms with Crippen molar-refractivity contribution in [3.63, 3.8) is 0 Å². The average molecular weight is 237 g/mol. The van der Waals surface area contributed by atoms with Gasteiger partial charge in [0.2, 0.25) is 0 Å². The van der Waals surface area contributed by atoms with Gasteiger partial charge in [0, 0.05) is 19.3 Å². The van der Waals surface area contributed by atoms with Gasteiger partial charge < -0.3 is 4.74 Å². The van der Waals surface area contributed by atoms with E-state index in [0.29, 0.717) is 13.0 Å². The smallest absolute Gasteiger partial charge is 0.302 e. The zero-order chi connectivity index (χ0) is 12.7. The van der Waals surface area contributed by atoms with Crippen molar-refractivity contribution in [1.82, 2.24) is 0 Å². The van der Waals surface area contributed by atoms with Crippen LogP contribution in [0.3, 0.4) is 0 Å². The lowest BCUT2D eigenvalue weighted by molar-refractivity contribution is -0.141. The molecule has 0 aromatic carbocycles. The monoisotopic (exact) mass is 237 g/mol. The number of rotatable bonds is 6. The van der Waals surface area contributed by atoms with Gasteiger partial charge in [0.25, 0.3) is 0 Å². The molecule has 0 aliphatic heterocycles. The maximum atomic E-state index is 11.5. The Kier molecular flexibility index (Phi) is 5.68. The van der Waals surface area contributed by atoms with Crippen molar-refractivity contribution in [3.05, 3.63) is 0 Å². The number of unbranched alkanes of at least 4 members (excludes halogenated alkanes) is 2. The molecule has 94 valence electrons. The van der Waals surface area contributed by atoms with E-state index in [-0.39, 0.29) is 23.6 Å². The van der Waals surface area contributed by atoms with Gasteiger partial charge in [-0.1, -0.05) is 12.8 Å². The van der Waals surface area contributed by atoms with E-state index < -0.39 is 0 Å². The molecule has 1 aliphatic carbocycles. The Labute approximate surface area is 102 Å². The number of nitriles is 1. The van der Waals surface area contributed by atoms with Crippen LogP contribution in [0.4, 0.5) is 0 Å². The molecule has 0 unspecified atom stereocenters. The third-order valence-electron chi connectivity index (χ3n) is 3.23. The maximum Gasteiger partial charge on any atom is 0.302 e. The SMILES string of the molecule is CC(=O)OCCCCC[C@@H]1C(=O)CC[C@H]1C#N. The van der Waals surface area contributed by atoms with E-state index in [4.69, 9.17) is 10.00 Å². The van der Waals surface area contributed by atoms with Crippen molar-refractivity contribution in [3.8, 4) is 6.07 Å². The highest BCUT2D eigenvalue weighted by Gasteiger charge is 2.33. The van der Waals surface area contributed by atoms with E-state index in [1.807, 2.05) is 0 Å². The summed E-state index contributed by atoms with van der Waals surface area (Å²) in [5, 5.41) is 8.90. The van der Waals surface area contributed by atoms with Gasteiger partial charge in [-0.2, -0.15) is 5.26 Å². The standard InChI is InChI=1S/C13H19NO3/c1-10(15)17-8-4-2-3-5-12-11(9-14)6-7-13(12)16/h11-12H,2-8H2,1H3/t11-,12-/m0/s1. The second-order valence-electron chi connectivity index (χ2n) is 4.54. The van der Waals surface area contributed by atoms with Crippen molar-refractivity contribution >= 4 is 11.8 Å². The van der Waals surface area contributed by atoms with Crippen molar-refractivity contribution in [2.45, 2.75) is 45.4 Å². The van der Waals surface area contributed by atoms with Crippen LogP contribution in [-0.4, -0.2) is 18.4 Å². The number of ketones is 1. The van der Waals surface area contributed by atoms with Crippen molar-refractivity contribution in [2.75, 3.05) is 6.61 Å². The molecule has 0 aromatic rings. The Hall–Kier alpha value is -1.37. The highest BCUT2D eigenvalue weighted by molar-refractivity contribution is 5.83. The number of hydrogen-bond acceptors (Lipinski definition) is 4. The molecule has 1 aliphatic rings. The predicted molar refractivity (Wildman–Crippen MR) is 61.9 cm³/mol. The average Bonchev–Trinajstić information content (AvgIpc) is 2.64. The molecule has 0 radical (unpaired) electrons. The van der Waals surface area contributed by atoms with Crippen LogP contribution in [0.2, 0.25) is 0 Å². The minimum Gasteiger partial charge on any atom is -0.466 e. The molecule has 1 saturated carbocycles. The van der Waals surface area contributed by atoms with Crippen molar-refractivity contribution < 1.29 is 14.3 Å². The highest BCUT2D eigenvalue weighted by Crippen LogP contribution is 2.31. The number of nitrogens with zero attached hydrogens (tertiary/aromatic N) is 1. The molecule has 1 rings (SSSR count). The number of carbonyl (C=O) groups is 2. The van der Waals surface area contributed by atoms with Crippen LogP contribution in [0.1, 0.15) is 45.4 Å². The van der Waals surface area contributed by atoms with Crippen molar-refractivity contribution in [2.24, 2.45) is 11.8 Å². The van der Waals surface area contributed by atoms with E-state index in [1.165, 1.54) is 6.92 Å². The van der Waals surface area contributed by atoms with Crippen LogP contribution in [-0.2, 0) is 14.3 Å². The van der Waals surface area contributed by atoms with Gasteiger partial charge in [-0.25, -0.2) is 0 Å². The summed E-state index contributed by atoms with van der Waals surface area (Å²) in [5.41, 5.74) is 0. The largest absolute Gasteiger partial charge is 0.466 e. The normalized spacial score (nSPS) is 23.4. The molecule has 2 atom stereocenters. The summed E-state index contributed by atoms with van der Waals surface area (Å²) in [7, 11) is 0. The fourth-order valence-corrected chi connectivity index (χ4v) is 2.28. The minimum atomic E-state index is -0.250. The van der Waals surface area contributed by atoms with Crippen LogP contribution in [0.25, 0.3) is 0 Å². The lowest BCUT2D eigenvalue weighted by Crippen LogP contribution is -2.13. The molecule has 4 nitrogen and oxygen atoms in total. The fourth-order valence-electron chi connectivity index (χ4n) is 2.28. The summed E-state index contributed by atoms with van der Waals surface area (Å²) in [6.45, 7) is 1.85. The van der Waals surface area contributed by atoms with Gasteiger partial charge in [0.15, 0.2) is 0 Å². The lowest BCUT2D eigenvalue weighted by atomic mass is 9.91. The highest BCUT2D eigenvalue weighted by atomic mass is 16.5. The Bertz CT molecular complexity index is 319. The third-order valence-corrected chi connectivity index (χ3v) is 3.23. The van der Waals surface area contributed by atoms with E-state index >= 15 is 0 Å². The number of ether oxygens (including phenoxy) is 1. The van der Waals surface area contributed by atoms with E-state index in [1.54, 1.807) is 0 Å². The Morgan fingerprint density at radius 3 is 2.88 bits per heavy atom. The van der Waals surface area contributed by atoms with Gasteiger partial charge >= 0.3 is 5.97 Å². The van der Waals surface area contributed by atoms with Crippen LogP contribution in [0.15, 0.2) is 0 Å². The number of esters is 1. The van der Waals surface area contributed by atoms with Gasteiger partial charge in [-0.15, -0.1) is 0 Å². The van der Waals surface area contributed by atoms with Crippen LogP contribution < -0.4 is 0 Å². The first kappa shape index (κ1) is 13.7. The first-order chi connectivity index (χ1) is 8.15. The van der Waals surface area contributed by atoms with Gasteiger partial charge in [0.05, 0.1) is 18.6 Å². The summed E-state index contributed by atoms with van der Waals surface area (Å²) in [6, 6.07) is 2.22. The summed E-state index contributed by atoms with van der Waals surface area (Å²) in [5.74, 6) is -0.123.